The predicted molar refractivity (Wildman–Crippen MR) is 41.6 cm³/mol. The standard InChI is InChI=1S/C10H6/c1-2-6-10-8-4-3-7-9(10)5-1/h1-5,8H. The summed E-state index contributed by atoms with van der Waals surface area (Å²) in [6.45, 7) is 0. The molecule has 0 saturated heterocycles. The van der Waals surface area contributed by atoms with E-state index in [4.69, 9.17) is 0 Å². The van der Waals surface area contributed by atoms with Crippen LogP contribution >= 0.6 is 0 Å². The lowest BCUT2D eigenvalue weighted by Crippen LogP contribution is -1.68. The van der Waals surface area contributed by atoms with Crippen molar-refractivity contribution in [1.82, 2.24) is 0 Å². The van der Waals surface area contributed by atoms with Gasteiger partial charge in [-0.25, -0.2) is 0 Å². The maximum absolute atomic E-state index is 3.12. The van der Waals surface area contributed by atoms with Crippen LogP contribution in [0.15, 0.2) is 36.4 Å². The predicted octanol–water partition coefficient (Wildman–Crippen LogP) is 2.44. The summed E-state index contributed by atoms with van der Waals surface area (Å²) in [6.07, 6.45) is 0. The Hall–Kier alpha value is -1.30. The van der Waals surface area contributed by atoms with E-state index in [2.05, 4.69) is 12.1 Å². The van der Waals surface area contributed by atoms with Crippen LogP contribution in [0.2, 0.25) is 0 Å². The summed E-state index contributed by atoms with van der Waals surface area (Å²) in [6, 6.07) is 18.1. The first kappa shape index (κ1) is 5.48. The van der Waals surface area contributed by atoms with Gasteiger partial charge in [-0.1, -0.05) is 36.4 Å². The lowest BCUT2D eigenvalue weighted by Gasteiger charge is -1.91. The van der Waals surface area contributed by atoms with E-state index in [0.29, 0.717) is 0 Å². The molecule has 2 aromatic carbocycles. The van der Waals surface area contributed by atoms with E-state index in [-0.39, 0.29) is 0 Å². The normalized spacial score (nSPS) is 10.0. The molecule has 46 valence electrons. The van der Waals surface area contributed by atoms with E-state index >= 15 is 0 Å². The Balaban J connectivity index is 2.89. The van der Waals surface area contributed by atoms with Gasteiger partial charge in [0.05, 0.1) is 0 Å². The van der Waals surface area contributed by atoms with Crippen LogP contribution in [0.5, 0.6) is 0 Å². The SMILES string of the molecule is [c]1cccc2[c]cccc12. The average Bonchev–Trinajstić information content (AvgIpc) is 2.05. The summed E-state index contributed by atoms with van der Waals surface area (Å²) in [7, 11) is 0. The number of hydrogen-bond donors (Lipinski definition) is 0. The van der Waals surface area contributed by atoms with Crippen LogP contribution in [-0.4, -0.2) is 0 Å². The summed E-state index contributed by atoms with van der Waals surface area (Å²) >= 11 is 0. The van der Waals surface area contributed by atoms with Crippen molar-refractivity contribution in [2.45, 2.75) is 0 Å². The van der Waals surface area contributed by atoms with Gasteiger partial charge in [0.15, 0.2) is 0 Å². The summed E-state index contributed by atoms with van der Waals surface area (Å²) < 4.78 is 0. The second kappa shape index (κ2) is 2.14. The molecule has 0 aliphatic rings. The van der Waals surface area contributed by atoms with Crippen molar-refractivity contribution in [2.24, 2.45) is 0 Å². The molecule has 0 amide bonds. The molecule has 0 saturated carbocycles. The first-order valence-corrected chi connectivity index (χ1v) is 3.24. The average molecular weight is 126 g/mol. The zero-order valence-electron chi connectivity index (χ0n) is 5.46. The van der Waals surface area contributed by atoms with Crippen LogP contribution in [0.4, 0.5) is 0 Å². The van der Waals surface area contributed by atoms with Crippen molar-refractivity contribution in [2.75, 3.05) is 0 Å². The molecule has 0 nitrogen and oxygen atoms in total. The highest BCUT2D eigenvalue weighted by Crippen LogP contribution is 2.09. The van der Waals surface area contributed by atoms with E-state index < -0.39 is 0 Å². The Morgan fingerprint density at radius 3 is 1.80 bits per heavy atom. The van der Waals surface area contributed by atoms with E-state index in [1.165, 1.54) is 0 Å². The van der Waals surface area contributed by atoms with Crippen LogP contribution in [0.1, 0.15) is 0 Å². The number of rotatable bonds is 0. The highest BCUT2D eigenvalue weighted by molar-refractivity contribution is 5.80. The van der Waals surface area contributed by atoms with Crippen molar-refractivity contribution in [1.29, 1.82) is 0 Å². The minimum absolute atomic E-state index is 1.13. The van der Waals surface area contributed by atoms with Gasteiger partial charge in [0.2, 0.25) is 0 Å². The van der Waals surface area contributed by atoms with Crippen LogP contribution in [-0.2, 0) is 0 Å². The van der Waals surface area contributed by atoms with E-state index in [0.717, 1.165) is 10.8 Å². The number of benzene rings is 2. The maximum atomic E-state index is 3.12. The largest absolute Gasteiger partial charge is 0.0610 e. The highest BCUT2D eigenvalue weighted by Gasteiger charge is 1.86. The summed E-state index contributed by atoms with van der Waals surface area (Å²) in [4.78, 5) is 0. The fourth-order valence-corrected chi connectivity index (χ4v) is 0.996. The molecule has 0 aliphatic heterocycles. The molecule has 0 spiro atoms. The van der Waals surface area contributed by atoms with Gasteiger partial charge >= 0.3 is 0 Å². The minimum Gasteiger partial charge on any atom is -0.0610 e. The summed E-state index contributed by atoms with van der Waals surface area (Å²) in [5.41, 5.74) is 0. The van der Waals surface area contributed by atoms with Crippen LogP contribution in [0.25, 0.3) is 10.8 Å². The lowest BCUT2D eigenvalue weighted by molar-refractivity contribution is 1.73. The van der Waals surface area contributed by atoms with Gasteiger partial charge in [-0.15, -0.1) is 0 Å². The summed E-state index contributed by atoms with van der Waals surface area (Å²) in [5, 5.41) is 2.26. The Morgan fingerprint density at radius 2 is 1.30 bits per heavy atom. The molecule has 10 heavy (non-hydrogen) atoms. The highest BCUT2D eigenvalue weighted by atomic mass is 13.9. The van der Waals surface area contributed by atoms with Gasteiger partial charge in [-0.3, -0.25) is 0 Å². The molecule has 0 unspecified atom stereocenters. The van der Waals surface area contributed by atoms with Gasteiger partial charge in [0.1, 0.15) is 0 Å². The number of hydrogen-bond acceptors (Lipinski definition) is 0. The molecular formula is C10H6. The Kier molecular flexibility index (Phi) is 1.17. The fourth-order valence-electron chi connectivity index (χ4n) is 0.996. The maximum Gasteiger partial charge on any atom is -0.00990 e. The second-order valence-electron chi connectivity index (χ2n) is 2.17. The molecular weight excluding hydrogens is 120 g/mol. The molecule has 0 heteroatoms. The molecule has 2 aromatic rings. The van der Waals surface area contributed by atoms with Crippen LogP contribution in [0.3, 0.4) is 0 Å². The van der Waals surface area contributed by atoms with Crippen molar-refractivity contribution in [3.8, 4) is 0 Å². The fraction of sp³-hybridized carbons (Fsp3) is 0. The third-order valence-electron chi connectivity index (χ3n) is 1.49. The zero-order chi connectivity index (χ0) is 6.81. The van der Waals surface area contributed by atoms with Gasteiger partial charge in [-0.2, -0.15) is 0 Å². The van der Waals surface area contributed by atoms with Crippen LogP contribution < -0.4 is 0 Å². The van der Waals surface area contributed by atoms with Crippen molar-refractivity contribution in [3.05, 3.63) is 48.5 Å². The molecule has 0 bridgehead atoms. The first-order chi connectivity index (χ1) is 4.97. The lowest BCUT2D eigenvalue weighted by atomic mass is 10.1. The monoisotopic (exact) mass is 126 g/mol. The van der Waals surface area contributed by atoms with Gasteiger partial charge in [0.25, 0.3) is 0 Å². The topological polar surface area (TPSA) is 0 Å². The van der Waals surface area contributed by atoms with Crippen molar-refractivity contribution >= 4 is 10.8 Å². The van der Waals surface area contributed by atoms with E-state index in [1.54, 1.807) is 0 Å². The zero-order valence-corrected chi connectivity index (χ0v) is 5.46. The van der Waals surface area contributed by atoms with Gasteiger partial charge in [0, 0.05) is 0 Å². The Bertz CT molecular complexity index is 271. The van der Waals surface area contributed by atoms with Crippen LogP contribution in [0, 0.1) is 12.1 Å². The van der Waals surface area contributed by atoms with Gasteiger partial charge < -0.3 is 0 Å². The quantitative estimate of drug-likeness (QED) is 0.508. The third kappa shape index (κ3) is 0.781. The first-order valence-electron chi connectivity index (χ1n) is 3.24. The Morgan fingerprint density at radius 1 is 0.800 bits per heavy atom. The van der Waals surface area contributed by atoms with Crippen molar-refractivity contribution in [3.63, 3.8) is 0 Å². The van der Waals surface area contributed by atoms with E-state index in [9.17, 15) is 0 Å². The molecule has 0 aliphatic carbocycles. The number of fused-ring (bicyclic) bond motifs is 1. The van der Waals surface area contributed by atoms with Crippen molar-refractivity contribution < 1.29 is 0 Å². The minimum atomic E-state index is 1.13. The molecule has 0 N–H and O–H groups in total. The smallest absolute Gasteiger partial charge is 0.00990 e. The molecule has 0 atom stereocenters. The molecule has 0 fully saturated rings. The molecule has 2 radical (unpaired) electrons. The third-order valence-corrected chi connectivity index (χ3v) is 1.49. The molecule has 0 aromatic heterocycles. The van der Waals surface area contributed by atoms with E-state index in [1.807, 2.05) is 36.4 Å². The second-order valence-corrected chi connectivity index (χ2v) is 2.17. The molecule has 2 rings (SSSR count). The summed E-state index contributed by atoms with van der Waals surface area (Å²) in [5.74, 6) is 0. The Labute approximate surface area is 60.1 Å². The molecule has 0 heterocycles. The van der Waals surface area contributed by atoms with Gasteiger partial charge in [-0.05, 0) is 22.9 Å².